The van der Waals surface area contributed by atoms with Crippen molar-refractivity contribution in [2.75, 3.05) is 17.4 Å². The lowest BCUT2D eigenvalue weighted by atomic mass is 10.1. The summed E-state index contributed by atoms with van der Waals surface area (Å²) in [7, 11) is 0. The van der Waals surface area contributed by atoms with Crippen molar-refractivity contribution >= 4 is 35.0 Å². The van der Waals surface area contributed by atoms with Crippen LogP contribution in [0.4, 0.5) is 17.1 Å². The molecule has 2 aliphatic heterocycles. The number of nitrogens with zero attached hydrogens (tertiary/aromatic N) is 1. The number of ether oxygens (including phenoxy) is 3. The maximum Gasteiger partial charge on any atom is 0.280 e. The zero-order valence-electron chi connectivity index (χ0n) is 15.1. The van der Waals surface area contributed by atoms with Crippen molar-refractivity contribution in [2.45, 2.75) is 13.0 Å². The van der Waals surface area contributed by atoms with Gasteiger partial charge in [0, 0.05) is 11.8 Å². The predicted molar refractivity (Wildman–Crippen MR) is 102 cm³/mol. The molecule has 0 aliphatic carbocycles. The third kappa shape index (κ3) is 3.68. The van der Waals surface area contributed by atoms with Gasteiger partial charge in [0.15, 0.2) is 17.6 Å². The van der Waals surface area contributed by atoms with Crippen LogP contribution in [-0.4, -0.2) is 29.6 Å². The normalized spacial score (nSPS) is 16.7. The summed E-state index contributed by atoms with van der Waals surface area (Å²) in [5, 5.41) is 16.6. The van der Waals surface area contributed by atoms with Crippen LogP contribution in [0.3, 0.4) is 0 Å². The minimum atomic E-state index is -0.594. The molecular weight excluding hydrogens is 382 g/mol. The molecule has 0 radical (unpaired) electrons. The molecule has 0 bridgehead atoms. The second kappa shape index (κ2) is 7.15. The van der Waals surface area contributed by atoms with Crippen molar-refractivity contribution in [2.24, 2.45) is 0 Å². The number of hydrogen-bond acceptors (Lipinski definition) is 7. The lowest BCUT2D eigenvalue weighted by molar-refractivity contribution is -0.385. The first-order valence-corrected chi connectivity index (χ1v) is 8.59. The number of hydrogen-bond donors (Lipinski definition) is 2. The molecule has 2 amide bonds. The Morgan fingerprint density at radius 1 is 1.24 bits per heavy atom. The molecule has 1 atom stereocenters. The molecule has 2 heterocycles. The van der Waals surface area contributed by atoms with Crippen LogP contribution >= 0.6 is 0 Å². The maximum atomic E-state index is 12.2. The number of anilines is 2. The highest BCUT2D eigenvalue weighted by molar-refractivity contribution is 6.03. The Morgan fingerprint density at radius 2 is 2.00 bits per heavy atom. The smallest absolute Gasteiger partial charge is 0.280 e. The molecule has 148 valence electrons. The van der Waals surface area contributed by atoms with E-state index in [0.717, 1.165) is 0 Å². The highest BCUT2D eigenvalue weighted by Gasteiger charge is 2.24. The van der Waals surface area contributed by atoms with E-state index >= 15 is 0 Å². The molecule has 2 aromatic carbocycles. The summed E-state index contributed by atoms with van der Waals surface area (Å²) >= 11 is 0. The van der Waals surface area contributed by atoms with Gasteiger partial charge in [-0.3, -0.25) is 19.7 Å². The molecule has 10 nitrogen and oxygen atoms in total. The summed E-state index contributed by atoms with van der Waals surface area (Å²) in [6, 6.07) is 7.52. The molecular formula is C19H15N3O7. The van der Waals surface area contributed by atoms with Gasteiger partial charge < -0.3 is 24.8 Å². The van der Waals surface area contributed by atoms with Crippen molar-refractivity contribution in [3.63, 3.8) is 0 Å². The first-order chi connectivity index (χ1) is 13.9. The Morgan fingerprint density at radius 3 is 2.76 bits per heavy atom. The van der Waals surface area contributed by atoms with Crippen LogP contribution in [0.15, 0.2) is 36.4 Å². The molecule has 0 aromatic heterocycles. The van der Waals surface area contributed by atoms with E-state index in [1.165, 1.54) is 24.3 Å². The summed E-state index contributed by atoms with van der Waals surface area (Å²) in [4.78, 5) is 34.7. The van der Waals surface area contributed by atoms with Gasteiger partial charge in [-0.05, 0) is 37.3 Å². The lowest BCUT2D eigenvalue weighted by Gasteiger charge is -2.23. The van der Waals surface area contributed by atoms with Gasteiger partial charge in [0.25, 0.3) is 11.6 Å². The number of fused-ring (bicyclic) bond motifs is 2. The number of carbonyl (C=O) groups excluding carboxylic acids is 2. The zero-order chi connectivity index (χ0) is 20.5. The second-order valence-electron chi connectivity index (χ2n) is 6.30. The topological polar surface area (TPSA) is 129 Å². The predicted octanol–water partition coefficient (Wildman–Crippen LogP) is 2.69. The molecule has 0 fully saturated rings. The summed E-state index contributed by atoms with van der Waals surface area (Å²) in [5.41, 5.74) is 0.869. The number of rotatable bonds is 4. The first-order valence-electron chi connectivity index (χ1n) is 8.59. The number of nitro benzene ring substituents is 1. The number of benzene rings is 2. The van der Waals surface area contributed by atoms with Crippen molar-refractivity contribution in [3.8, 4) is 17.2 Å². The summed E-state index contributed by atoms with van der Waals surface area (Å²) in [6.45, 7) is 1.62. The average molecular weight is 397 g/mol. The van der Waals surface area contributed by atoms with E-state index in [0.29, 0.717) is 22.9 Å². The van der Waals surface area contributed by atoms with Gasteiger partial charge in [-0.2, -0.15) is 0 Å². The Labute approximate surface area is 164 Å². The van der Waals surface area contributed by atoms with Gasteiger partial charge in [0.2, 0.25) is 12.7 Å². The first kappa shape index (κ1) is 18.3. The Bertz CT molecular complexity index is 1060. The van der Waals surface area contributed by atoms with E-state index in [-0.39, 0.29) is 29.7 Å². The molecule has 2 N–H and O–H groups in total. The standard InChI is InChI=1S/C19H15N3O7/c1-10-19(24)21-13-7-12(3-4-15(13)29-10)20-18(23)5-2-11-6-16-17(28-9-27-16)8-14(11)22(25)26/h2-8,10H,9H2,1H3,(H,20,23)(H,21,24)/b5-2+/t10-/m0/s1. The number of carbonyl (C=O) groups is 2. The van der Waals surface area contributed by atoms with E-state index in [1.54, 1.807) is 25.1 Å². The minimum absolute atomic E-state index is 0.0164. The highest BCUT2D eigenvalue weighted by atomic mass is 16.7. The van der Waals surface area contributed by atoms with E-state index in [9.17, 15) is 19.7 Å². The van der Waals surface area contributed by atoms with Crippen LogP contribution in [0, 0.1) is 10.1 Å². The van der Waals surface area contributed by atoms with Crippen LogP contribution in [-0.2, 0) is 9.59 Å². The van der Waals surface area contributed by atoms with Crippen LogP contribution in [0.25, 0.3) is 6.08 Å². The fraction of sp³-hybridized carbons (Fsp3) is 0.158. The van der Waals surface area contributed by atoms with Crippen LogP contribution < -0.4 is 24.8 Å². The molecule has 0 saturated heterocycles. The quantitative estimate of drug-likeness (QED) is 0.461. The van der Waals surface area contributed by atoms with Crippen LogP contribution in [0.5, 0.6) is 17.2 Å². The number of amides is 2. The molecule has 29 heavy (non-hydrogen) atoms. The molecule has 10 heteroatoms. The lowest BCUT2D eigenvalue weighted by Crippen LogP contribution is -2.34. The molecule has 0 saturated carbocycles. The third-order valence-corrected chi connectivity index (χ3v) is 4.31. The fourth-order valence-electron chi connectivity index (χ4n) is 2.87. The van der Waals surface area contributed by atoms with Crippen LogP contribution in [0.1, 0.15) is 12.5 Å². The minimum Gasteiger partial charge on any atom is -0.479 e. The molecule has 4 rings (SSSR count). The third-order valence-electron chi connectivity index (χ3n) is 4.31. The Hall–Kier alpha value is -4.08. The maximum absolute atomic E-state index is 12.2. The van der Waals surface area contributed by atoms with E-state index in [1.807, 2.05) is 0 Å². The monoisotopic (exact) mass is 397 g/mol. The molecule has 0 spiro atoms. The summed E-state index contributed by atoms with van der Waals surface area (Å²) in [6.07, 6.45) is 1.89. The number of nitrogens with one attached hydrogen (secondary N) is 2. The Kier molecular flexibility index (Phi) is 4.51. The SMILES string of the molecule is C[C@@H]1Oc2ccc(NC(=O)/C=C/c3cc4c(cc3[N+](=O)[O-])OCO4)cc2NC1=O. The summed E-state index contributed by atoms with van der Waals surface area (Å²) < 4.78 is 15.8. The molecule has 0 unspecified atom stereocenters. The van der Waals surface area contributed by atoms with Crippen molar-refractivity contribution in [3.05, 3.63) is 52.1 Å². The van der Waals surface area contributed by atoms with E-state index in [4.69, 9.17) is 14.2 Å². The highest BCUT2D eigenvalue weighted by Crippen LogP contribution is 2.38. The second-order valence-corrected chi connectivity index (χ2v) is 6.30. The summed E-state index contributed by atoms with van der Waals surface area (Å²) in [5.74, 6) is 0.368. The van der Waals surface area contributed by atoms with Crippen LogP contribution in [0.2, 0.25) is 0 Å². The van der Waals surface area contributed by atoms with Gasteiger partial charge >= 0.3 is 0 Å². The molecule has 2 aliphatic rings. The van der Waals surface area contributed by atoms with E-state index in [2.05, 4.69) is 10.6 Å². The molecule has 2 aromatic rings. The number of nitro groups is 1. The van der Waals surface area contributed by atoms with E-state index < -0.39 is 16.9 Å². The van der Waals surface area contributed by atoms with Gasteiger partial charge in [-0.25, -0.2) is 0 Å². The van der Waals surface area contributed by atoms with Crippen molar-refractivity contribution in [1.82, 2.24) is 0 Å². The Balaban J connectivity index is 1.51. The van der Waals surface area contributed by atoms with Gasteiger partial charge in [-0.15, -0.1) is 0 Å². The zero-order valence-corrected chi connectivity index (χ0v) is 15.1. The fourth-order valence-corrected chi connectivity index (χ4v) is 2.87. The van der Waals surface area contributed by atoms with Crippen molar-refractivity contribution < 1.29 is 28.7 Å². The van der Waals surface area contributed by atoms with Gasteiger partial charge in [0.05, 0.1) is 22.2 Å². The average Bonchev–Trinajstić information content (AvgIpc) is 3.14. The van der Waals surface area contributed by atoms with Gasteiger partial charge in [0.1, 0.15) is 5.75 Å². The van der Waals surface area contributed by atoms with Crippen molar-refractivity contribution in [1.29, 1.82) is 0 Å². The largest absolute Gasteiger partial charge is 0.479 e. The van der Waals surface area contributed by atoms with Gasteiger partial charge in [-0.1, -0.05) is 0 Å².